The molecule has 0 radical (unpaired) electrons. The average Bonchev–Trinajstić information content (AvgIpc) is 2.08. The van der Waals surface area contributed by atoms with E-state index < -0.39 is 5.97 Å². The third-order valence-corrected chi connectivity index (χ3v) is 2.25. The monoisotopic (exact) mass is 194 g/mol. The van der Waals surface area contributed by atoms with Crippen LogP contribution in [0.15, 0.2) is 40.6 Å². The average molecular weight is 194 g/mol. The molecule has 0 atom stereocenters. The quantitative estimate of drug-likeness (QED) is 0.593. The van der Waals surface area contributed by atoms with Gasteiger partial charge in [-0.3, -0.25) is 0 Å². The number of benzene rings is 1. The summed E-state index contributed by atoms with van der Waals surface area (Å²) in [6.45, 7) is 2.02. The van der Waals surface area contributed by atoms with Crippen LogP contribution in [0.1, 0.15) is 5.56 Å². The van der Waals surface area contributed by atoms with Crippen LogP contribution >= 0.6 is 11.8 Å². The normalized spacial score (nSPS) is 10.5. The van der Waals surface area contributed by atoms with E-state index in [1.165, 1.54) is 17.3 Å². The van der Waals surface area contributed by atoms with E-state index in [-0.39, 0.29) is 0 Å². The highest BCUT2D eigenvalue weighted by molar-refractivity contribution is 8.02. The molecule has 0 fully saturated rings. The van der Waals surface area contributed by atoms with Crippen LogP contribution in [-0.2, 0) is 4.79 Å². The Morgan fingerprint density at radius 2 is 2.00 bits per heavy atom. The van der Waals surface area contributed by atoms with Crippen molar-refractivity contribution in [1.29, 1.82) is 0 Å². The largest absolute Gasteiger partial charge is 0.478 e. The second-order valence-corrected chi connectivity index (χ2v) is 3.55. The Morgan fingerprint density at radius 1 is 1.38 bits per heavy atom. The van der Waals surface area contributed by atoms with Crippen LogP contribution in [-0.4, -0.2) is 11.1 Å². The minimum Gasteiger partial charge on any atom is -0.478 e. The molecule has 0 aliphatic rings. The van der Waals surface area contributed by atoms with E-state index in [1.807, 2.05) is 31.2 Å². The van der Waals surface area contributed by atoms with Gasteiger partial charge in [-0.05, 0) is 24.5 Å². The van der Waals surface area contributed by atoms with E-state index in [0.29, 0.717) is 0 Å². The first-order chi connectivity index (χ1) is 6.18. The highest BCUT2D eigenvalue weighted by Crippen LogP contribution is 2.18. The zero-order chi connectivity index (χ0) is 9.68. The molecule has 0 spiro atoms. The van der Waals surface area contributed by atoms with Crippen molar-refractivity contribution in [3.8, 4) is 0 Å². The van der Waals surface area contributed by atoms with E-state index in [2.05, 4.69) is 0 Å². The van der Waals surface area contributed by atoms with Gasteiger partial charge in [0.1, 0.15) is 0 Å². The highest BCUT2D eigenvalue weighted by atomic mass is 32.2. The third kappa shape index (κ3) is 3.80. The molecular weight excluding hydrogens is 184 g/mol. The van der Waals surface area contributed by atoms with Crippen LogP contribution in [0.4, 0.5) is 0 Å². The Hall–Kier alpha value is -1.22. The number of carboxylic acids is 1. The number of thioether (sulfide) groups is 1. The standard InChI is InChI=1S/C10H10O2S/c1-8-2-4-9(5-3-8)13-7-6-10(11)12/h2-7H,1H3,(H,11,12)/b7-6-. The summed E-state index contributed by atoms with van der Waals surface area (Å²) in [5, 5.41) is 9.90. The number of hydrogen-bond donors (Lipinski definition) is 1. The van der Waals surface area contributed by atoms with Crippen molar-refractivity contribution in [2.45, 2.75) is 11.8 Å². The summed E-state index contributed by atoms with van der Waals surface area (Å²) in [6.07, 6.45) is 1.13. The first-order valence-corrected chi connectivity index (χ1v) is 4.69. The molecule has 1 N–H and O–H groups in total. The highest BCUT2D eigenvalue weighted by Gasteiger charge is 1.90. The molecule has 68 valence electrons. The minimum absolute atomic E-state index is 0.917. The van der Waals surface area contributed by atoms with Gasteiger partial charge in [0, 0.05) is 11.0 Å². The molecule has 0 aliphatic carbocycles. The van der Waals surface area contributed by atoms with Crippen molar-refractivity contribution in [1.82, 2.24) is 0 Å². The summed E-state index contributed by atoms with van der Waals surface area (Å²) >= 11 is 1.40. The lowest BCUT2D eigenvalue weighted by Crippen LogP contribution is -1.84. The Balaban J connectivity index is 2.55. The van der Waals surface area contributed by atoms with Crippen LogP contribution in [0.25, 0.3) is 0 Å². The summed E-state index contributed by atoms with van der Waals surface area (Å²) < 4.78 is 0. The van der Waals surface area contributed by atoms with Crippen LogP contribution in [0.5, 0.6) is 0 Å². The maximum absolute atomic E-state index is 10.1. The molecule has 3 heteroatoms. The molecule has 2 nitrogen and oxygen atoms in total. The topological polar surface area (TPSA) is 37.3 Å². The van der Waals surface area contributed by atoms with Crippen molar-refractivity contribution < 1.29 is 9.90 Å². The molecule has 0 aromatic heterocycles. The van der Waals surface area contributed by atoms with Gasteiger partial charge in [-0.25, -0.2) is 4.79 Å². The fourth-order valence-electron chi connectivity index (χ4n) is 0.788. The van der Waals surface area contributed by atoms with Crippen LogP contribution < -0.4 is 0 Å². The Bertz CT molecular complexity index is 314. The maximum Gasteiger partial charge on any atom is 0.328 e. The van der Waals surface area contributed by atoms with Gasteiger partial charge in [-0.2, -0.15) is 0 Å². The molecule has 0 unspecified atom stereocenters. The van der Waals surface area contributed by atoms with E-state index >= 15 is 0 Å². The molecule has 0 amide bonds. The van der Waals surface area contributed by atoms with E-state index in [1.54, 1.807) is 5.41 Å². The van der Waals surface area contributed by atoms with Gasteiger partial charge in [-0.15, -0.1) is 0 Å². The second kappa shape index (κ2) is 4.72. The Morgan fingerprint density at radius 3 is 2.54 bits per heavy atom. The lowest BCUT2D eigenvalue weighted by Gasteiger charge is -1.95. The predicted octanol–water partition coefficient (Wildman–Crippen LogP) is 2.69. The van der Waals surface area contributed by atoms with Crippen molar-refractivity contribution >= 4 is 17.7 Å². The van der Waals surface area contributed by atoms with Gasteiger partial charge >= 0.3 is 5.97 Å². The predicted molar refractivity (Wildman–Crippen MR) is 53.8 cm³/mol. The molecule has 13 heavy (non-hydrogen) atoms. The van der Waals surface area contributed by atoms with Gasteiger partial charge in [0.05, 0.1) is 0 Å². The molecule has 1 rings (SSSR count). The molecule has 0 bridgehead atoms. The number of hydrogen-bond acceptors (Lipinski definition) is 2. The summed E-state index contributed by atoms with van der Waals surface area (Å²) in [5.74, 6) is -0.917. The lowest BCUT2D eigenvalue weighted by molar-refractivity contribution is -0.131. The van der Waals surface area contributed by atoms with E-state index in [4.69, 9.17) is 5.11 Å². The van der Waals surface area contributed by atoms with Crippen LogP contribution in [0.2, 0.25) is 0 Å². The fraction of sp³-hybridized carbons (Fsp3) is 0.100. The van der Waals surface area contributed by atoms with Crippen LogP contribution in [0, 0.1) is 6.92 Å². The zero-order valence-corrected chi connectivity index (χ0v) is 8.04. The first kappa shape index (κ1) is 9.86. The van der Waals surface area contributed by atoms with Crippen molar-refractivity contribution in [3.63, 3.8) is 0 Å². The number of aryl methyl sites for hydroxylation is 1. The summed E-state index contributed by atoms with van der Waals surface area (Å²) in [5.41, 5.74) is 1.20. The minimum atomic E-state index is -0.917. The summed E-state index contributed by atoms with van der Waals surface area (Å²) in [4.78, 5) is 11.2. The summed E-state index contributed by atoms with van der Waals surface area (Å²) in [7, 11) is 0. The molecular formula is C10H10O2S. The number of carboxylic acid groups (broad SMARTS) is 1. The van der Waals surface area contributed by atoms with Crippen molar-refractivity contribution in [2.24, 2.45) is 0 Å². The molecule has 1 aromatic carbocycles. The van der Waals surface area contributed by atoms with Gasteiger partial charge in [0.25, 0.3) is 0 Å². The summed E-state index contributed by atoms with van der Waals surface area (Å²) in [6, 6.07) is 7.92. The fourth-order valence-corrected chi connectivity index (χ4v) is 1.42. The van der Waals surface area contributed by atoms with Crippen molar-refractivity contribution in [3.05, 3.63) is 41.3 Å². The smallest absolute Gasteiger partial charge is 0.328 e. The lowest BCUT2D eigenvalue weighted by atomic mass is 10.2. The maximum atomic E-state index is 10.1. The molecule has 0 saturated heterocycles. The molecule has 0 heterocycles. The Labute approximate surface area is 81.3 Å². The molecule has 0 saturated carbocycles. The van der Waals surface area contributed by atoms with E-state index in [9.17, 15) is 4.79 Å². The first-order valence-electron chi connectivity index (χ1n) is 3.81. The zero-order valence-electron chi connectivity index (χ0n) is 7.23. The molecule has 1 aromatic rings. The number of rotatable bonds is 3. The van der Waals surface area contributed by atoms with E-state index in [0.717, 1.165) is 11.0 Å². The van der Waals surface area contributed by atoms with Gasteiger partial charge in [0.2, 0.25) is 0 Å². The molecule has 0 aliphatic heterocycles. The number of carbonyl (C=O) groups is 1. The second-order valence-electron chi connectivity index (χ2n) is 2.57. The van der Waals surface area contributed by atoms with Crippen LogP contribution in [0.3, 0.4) is 0 Å². The van der Waals surface area contributed by atoms with Crippen molar-refractivity contribution in [2.75, 3.05) is 0 Å². The van der Waals surface area contributed by atoms with Gasteiger partial charge in [0.15, 0.2) is 0 Å². The third-order valence-electron chi connectivity index (χ3n) is 1.44. The Kier molecular flexibility index (Phi) is 3.58. The van der Waals surface area contributed by atoms with Gasteiger partial charge in [-0.1, -0.05) is 29.5 Å². The van der Waals surface area contributed by atoms with Gasteiger partial charge < -0.3 is 5.11 Å². The number of aliphatic carboxylic acids is 1. The SMILES string of the molecule is Cc1ccc(S/C=C\C(=O)O)cc1.